The molecule has 0 unspecified atom stereocenters. The van der Waals surface area contributed by atoms with Crippen molar-refractivity contribution in [3.8, 4) is 11.3 Å². The molecule has 3 N–H and O–H groups in total. The Kier molecular flexibility index (Phi) is 9.33. The van der Waals surface area contributed by atoms with Crippen LogP contribution in [0.4, 0.5) is 5.95 Å². The first-order valence-electron chi connectivity index (χ1n) is 9.07. The molecule has 10 heteroatoms. The fourth-order valence-electron chi connectivity index (χ4n) is 2.59. The van der Waals surface area contributed by atoms with E-state index in [0.29, 0.717) is 24.7 Å². The summed E-state index contributed by atoms with van der Waals surface area (Å²) in [5.74, 6) is -2.87. The van der Waals surface area contributed by atoms with E-state index in [4.69, 9.17) is 47.7 Å². The summed E-state index contributed by atoms with van der Waals surface area (Å²) in [7, 11) is 1.69. The van der Waals surface area contributed by atoms with Gasteiger partial charge in [-0.25, -0.2) is 14.6 Å². The Bertz CT molecular complexity index is 1010. The molecule has 1 heterocycles. The van der Waals surface area contributed by atoms with E-state index in [1.54, 1.807) is 7.11 Å². The number of anilines is 1. The van der Waals surface area contributed by atoms with Crippen molar-refractivity contribution in [3.63, 3.8) is 0 Å². The zero-order chi connectivity index (χ0) is 22.8. The molecule has 0 bridgehead atoms. The number of methoxy groups -OCH3 is 1. The summed E-state index contributed by atoms with van der Waals surface area (Å²) in [5, 5.41) is 19.6. The maximum Gasteiger partial charge on any atom is 0.414 e. The molecule has 0 aliphatic rings. The molecule has 31 heavy (non-hydrogen) atoms. The van der Waals surface area contributed by atoms with E-state index in [9.17, 15) is 0 Å². The second-order valence-electron chi connectivity index (χ2n) is 6.17. The van der Waals surface area contributed by atoms with Crippen molar-refractivity contribution in [1.82, 2.24) is 9.55 Å². The SMILES string of the molecule is COCCn1c(-c2ccc(Cl)cc2)cnc1NCc1ccccc1Cl.O=C(O)C(=O)O. The smallest absolute Gasteiger partial charge is 0.414 e. The van der Waals surface area contributed by atoms with Crippen LogP contribution in [0.3, 0.4) is 0 Å². The molecule has 0 amide bonds. The van der Waals surface area contributed by atoms with Gasteiger partial charge < -0.3 is 24.8 Å². The molecule has 0 atom stereocenters. The minimum Gasteiger partial charge on any atom is -0.473 e. The number of hydrogen-bond acceptors (Lipinski definition) is 5. The summed E-state index contributed by atoms with van der Waals surface area (Å²) >= 11 is 12.2. The number of carbonyl (C=O) groups is 2. The molecule has 1 aromatic heterocycles. The van der Waals surface area contributed by atoms with Crippen molar-refractivity contribution in [3.05, 3.63) is 70.3 Å². The second-order valence-corrected chi connectivity index (χ2v) is 7.02. The van der Waals surface area contributed by atoms with E-state index in [0.717, 1.165) is 27.8 Å². The molecular formula is C21H21Cl2N3O5. The van der Waals surface area contributed by atoms with Crippen LogP contribution in [0, 0.1) is 0 Å². The van der Waals surface area contributed by atoms with Crippen LogP contribution in [-0.4, -0.2) is 45.4 Å². The monoisotopic (exact) mass is 465 g/mol. The fourth-order valence-corrected chi connectivity index (χ4v) is 2.92. The Labute approximate surface area is 189 Å². The first-order valence-corrected chi connectivity index (χ1v) is 9.83. The van der Waals surface area contributed by atoms with Gasteiger partial charge in [-0.3, -0.25) is 0 Å². The van der Waals surface area contributed by atoms with E-state index >= 15 is 0 Å². The molecule has 0 spiro atoms. The molecular weight excluding hydrogens is 445 g/mol. The lowest BCUT2D eigenvalue weighted by molar-refractivity contribution is -0.159. The third-order valence-corrected chi connectivity index (χ3v) is 4.71. The number of aliphatic carboxylic acids is 2. The van der Waals surface area contributed by atoms with Gasteiger partial charge in [0.25, 0.3) is 0 Å². The number of carboxylic acids is 2. The third-order valence-electron chi connectivity index (χ3n) is 4.09. The second kappa shape index (κ2) is 11.9. The van der Waals surface area contributed by atoms with Crippen LogP contribution in [0.25, 0.3) is 11.3 Å². The average molecular weight is 466 g/mol. The Morgan fingerprint density at radius 3 is 2.29 bits per heavy atom. The predicted molar refractivity (Wildman–Crippen MR) is 119 cm³/mol. The summed E-state index contributed by atoms with van der Waals surface area (Å²) < 4.78 is 7.34. The van der Waals surface area contributed by atoms with Crippen LogP contribution in [0.2, 0.25) is 10.0 Å². The molecule has 3 aromatic rings. The zero-order valence-corrected chi connectivity index (χ0v) is 18.1. The fraction of sp³-hybridized carbons (Fsp3) is 0.190. The van der Waals surface area contributed by atoms with E-state index in [1.165, 1.54) is 0 Å². The number of nitrogens with one attached hydrogen (secondary N) is 1. The predicted octanol–water partition coefficient (Wildman–Crippen LogP) is 4.27. The van der Waals surface area contributed by atoms with E-state index in [1.807, 2.05) is 54.7 Å². The zero-order valence-electron chi connectivity index (χ0n) is 16.6. The Hall–Kier alpha value is -3.07. The van der Waals surface area contributed by atoms with Crippen molar-refractivity contribution in [2.75, 3.05) is 19.0 Å². The lowest BCUT2D eigenvalue weighted by Crippen LogP contribution is -2.11. The third kappa shape index (κ3) is 7.29. The Morgan fingerprint density at radius 1 is 1.06 bits per heavy atom. The van der Waals surface area contributed by atoms with Gasteiger partial charge in [0, 0.05) is 30.2 Å². The molecule has 0 saturated heterocycles. The van der Waals surface area contributed by atoms with E-state index < -0.39 is 11.9 Å². The van der Waals surface area contributed by atoms with Crippen LogP contribution in [0.5, 0.6) is 0 Å². The quantitative estimate of drug-likeness (QED) is 0.446. The summed E-state index contributed by atoms with van der Waals surface area (Å²) in [4.78, 5) is 22.7. The summed E-state index contributed by atoms with van der Waals surface area (Å²) in [5.41, 5.74) is 3.09. The molecule has 2 aromatic carbocycles. The highest BCUT2D eigenvalue weighted by Crippen LogP contribution is 2.25. The van der Waals surface area contributed by atoms with Gasteiger partial charge in [0.2, 0.25) is 5.95 Å². The number of benzene rings is 2. The highest BCUT2D eigenvalue weighted by atomic mass is 35.5. The molecule has 0 aliphatic heterocycles. The van der Waals surface area contributed by atoms with Crippen molar-refractivity contribution in [2.45, 2.75) is 13.1 Å². The molecule has 0 aliphatic carbocycles. The van der Waals surface area contributed by atoms with Crippen LogP contribution >= 0.6 is 23.2 Å². The minimum absolute atomic E-state index is 0.595. The van der Waals surface area contributed by atoms with E-state index in [2.05, 4.69) is 14.9 Å². The first kappa shape index (κ1) is 24.2. The maximum absolute atomic E-state index is 9.10. The van der Waals surface area contributed by atoms with Crippen LogP contribution < -0.4 is 5.32 Å². The number of halogens is 2. The van der Waals surface area contributed by atoms with E-state index in [-0.39, 0.29) is 0 Å². The summed E-state index contributed by atoms with van der Waals surface area (Å²) in [6, 6.07) is 15.5. The average Bonchev–Trinajstić information content (AvgIpc) is 3.15. The standard InChI is InChI=1S/C19H19Cl2N3O.C2H2O4/c1-25-11-10-24-18(14-6-8-16(20)9-7-14)13-23-19(24)22-12-15-4-2-3-5-17(15)21;3-1(4)2(5)6/h2-9,13H,10-12H2,1H3,(H,22,23);(H,3,4)(H,5,6). The number of nitrogens with zero attached hydrogens (tertiary/aromatic N) is 2. The van der Waals surface area contributed by atoms with Gasteiger partial charge in [-0.15, -0.1) is 0 Å². The number of rotatable bonds is 7. The number of carboxylic acid groups (broad SMARTS) is 2. The van der Waals surface area contributed by atoms with Gasteiger partial charge in [0.15, 0.2) is 0 Å². The van der Waals surface area contributed by atoms with Crippen LogP contribution in [0.15, 0.2) is 54.7 Å². The van der Waals surface area contributed by atoms with Gasteiger partial charge in [-0.05, 0) is 29.3 Å². The maximum atomic E-state index is 9.10. The Morgan fingerprint density at radius 2 is 1.71 bits per heavy atom. The Balaban J connectivity index is 0.000000501. The number of ether oxygens (including phenoxy) is 1. The van der Waals surface area contributed by atoms with Crippen LogP contribution in [-0.2, 0) is 27.4 Å². The normalized spacial score (nSPS) is 10.2. The molecule has 164 valence electrons. The lowest BCUT2D eigenvalue weighted by atomic mass is 10.2. The van der Waals surface area contributed by atoms with Crippen molar-refractivity contribution in [2.24, 2.45) is 0 Å². The van der Waals surface area contributed by atoms with Gasteiger partial charge in [0.1, 0.15) is 0 Å². The molecule has 3 rings (SSSR count). The number of hydrogen-bond donors (Lipinski definition) is 3. The molecule has 0 saturated carbocycles. The first-order chi connectivity index (χ1) is 14.8. The number of aromatic nitrogens is 2. The van der Waals surface area contributed by atoms with Crippen molar-refractivity contribution >= 4 is 41.1 Å². The largest absolute Gasteiger partial charge is 0.473 e. The summed E-state index contributed by atoms with van der Waals surface area (Å²) in [6.45, 7) is 1.89. The highest BCUT2D eigenvalue weighted by molar-refractivity contribution is 6.31. The topological polar surface area (TPSA) is 114 Å². The molecule has 8 nitrogen and oxygen atoms in total. The highest BCUT2D eigenvalue weighted by Gasteiger charge is 2.12. The summed E-state index contributed by atoms with van der Waals surface area (Å²) in [6.07, 6.45) is 1.85. The van der Waals surface area contributed by atoms with Crippen LogP contribution in [0.1, 0.15) is 5.56 Å². The molecule has 0 fully saturated rings. The molecule has 0 radical (unpaired) electrons. The van der Waals surface area contributed by atoms with Gasteiger partial charge in [-0.1, -0.05) is 53.5 Å². The van der Waals surface area contributed by atoms with Gasteiger partial charge in [-0.2, -0.15) is 0 Å². The van der Waals surface area contributed by atoms with Gasteiger partial charge in [0.05, 0.1) is 18.5 Å². The van der Waals surface area contributed by atoms with Crippen molar-refractivity contribution < 1.29 is 24.5 Å². The van der Waals surface area contributed by atoms with Crippen molar-refractivity contribution in [1.29, 1.82) is 0 Å². The van der Waals surface area contributed by atoms with Gasteiger partial charge >= 0.3 is 11.9 Å². The number of imidazole rings is 1. The minimum atomic E-state index is -1.82. The lowest BCUT2D eigenvalue weighted by Gasteiger charge is -2.13.